The first-order chi connectivity index (χ1) is 16.0. The molecule has 4 heterocycles. The summed E-state index contributed by atoms with van der Waals surface area (Å²) in [6.07, 6.45) is -1.22. The predicted molar refractivity (Wildman–Crippen MR) is 108 cm³/mol. The number of aromatic nitrogens is 2. The number of ether oxygens (including phenoxy) is 1. The van der Waals surface area contributed by atoms with Gasteiger partial charge in [0, 0.05) is 32.1 Å². The quantitative estimate of drug-likeness (QED) is 0.672. The summed E-state index contributed by atoms with van der Waals surface area (Å²) in [5, 5.41) is 13.9. The Morgan fingerprint density at radius 2 is 2.00 bits per heavy atom. The topological polar surface area (TPSA) is 135 Å². The first-order valence-corrected chi connectivity index (χ1v) is 10.3. The lowest BCUT2D eigenvalue weighted by Crippen LogP contribution is -2.37. The number of hydrogen-bond donors (Lipinski definition) is 2. The fourth-order valence-corrected chi connectivity index (χ4v) is 3.99. The summed E-state index contributed by atoms with van der Waals surface area (Å²) in [5.74, 6) is -2.90. The number of rotatable bonds is 4. The minimum absolute atomic E-state index is 0.0969. The molecule has 2 N–H and O–H groups in total. The number of pyridine rings is 1. The number of nitrogens with one attached hydrogen (secondary N) is 1. The van der Waals surface area contributed by atoms with Crippen molar-refractivity contribution in [2.45, 2.75) is 45.1 Å². The van der Waals surface area contributed by atoms with Crippen LogP contribution in [0.2, 0.25) is 0 Å². The molecule has 10 nitrogen and oxygen atoms in total. The van der Waals surface area contributed by atoms with Crippen LogP contribution in [-0.4, -0.2) is 69.4 Å². The van der Waals surface area contributed by atoms with Crippen LogP contribution in [0.4, 0.5) is 13.2 Å². The van der Waals surface area contributed by atoms with Gasteiger partial charge in [-0.3, -0.25) is 14.6 Å². The normalized spacial score (nSPS) is 21.4. The number of amides is 2. The summed E-state index contributed by atoms with van der Waals surface area (Å²) in [6.45, 7) is 4.76. The zero-order chi connectivity index (χ0) is 25.0. The largest absolute Gasteiger partial charge is 0.490 e. The Balaban J connectivity index is 0.000000406. The van der Waals surface area contributed by atoms with Crippen molar-refractivity contribution >= 4 is 17.8 Å². The van der Waals surface area contributed by atoms with E-state index in [2.05, 4.69) is 15.5 Å². The molecule has 2 aromatic rings. The second-order valence-electron chi connectivity index (χ2n) is 7.84. The highest BCUT2D eigenvalue weighted by atomic mass is 19.4. The van der Waals surface area contributed by atoms with Gasteiger partial charge < -0.3 is 24.6 Å². The first-order valence-electron chi connectivity index (χ1n) is 10.3. The lowest BCUT2D eigenvalue weighted by Gasteiger charge is -2.22. The highest BCUT2D eigenvalue weighted by Gasteiger charge is 2.51. The van der Waals surface area contributed by atoms with Crippen LogP contribution in [0.3, 0.4) is 0 Å². The van der Waals surface area contributed by atoms with E-state index in [1.807, 2.05) is 12.1 Å². The van der Waals surface area contributed by atoms with Gasteiger partial charge in [-0.15, -0.1) is 0 Å². The fourth-order valence-electron chi connectivity index (χ4n) is 3.99. The molecule has 184 valence electrons. The SMILES string of the molecule is Cc1noc(C)c1C(=O)N1CC(C(=O)NCc2cccnc2)C2OCCC21.O=C(O)C(F)(F)F. The third kappa shape index (κ3) is 5.53. The number of carbonyl (C=O) groups is 3. The Labute approximate surface area is 192 Å². The molecule has 3 atom stereocenters. The molecule has 2 aromatic heterocycles. The molecular weight excluding hydrogens is 461 g/mol. The number of alkyl halides is 3. The molecule has 0 aliphatic carbocycles. The molecule has 0 saturated carbocycles. The molecule has 34 heavy (non-hydrogen) atoms. The molecule has 0 bridgehead atoms. The molecular formula is C21H23F3N4O6. The van der Waals surface area contributed by atoms with Crippen molar-refractivity contribution in [2.75, 3.05) is 13.2 Å². The molecule has 2 amide bonds. The van der Waals surface area contributed by atoms with Gasteiger partial charge in [0.25, 0.3) is 5.91 Å². The Bertz CT molecular complexity index is 1020. The van der Waals surface area contributed by atoms with E-state index in [0.29, 0.717) is 36.7 Å². The van der Waals surface area contributed by atoms with Crippen LogP contribution in [0, 0.1) is 19.8 Å². The van der Waals surface area contributed by atoms with Gasteiger partial charge in [0.15, 0.2) is 0 Å². The van der Waals surface area contributed by atoms with Gasteiger partial charge in [-0.05, 0) is 31.9 Å². The van der Waals surface area contributed by atoms with E-state index in [0.717, 1.165) is 12.0 Å². The van der Waals surface area contributed by atoms with Gasteiger partial charge in [0.1, 0.15) is 11.3 Å². The van der Waals surface area contributed by atoms with E-state index >= 15 is 0 Å². The molecule has 4 rings (SSSR count). The number of carboxylic acid groups (broad SMARTS) is 1. The maximum absolute atomic E-state index is 13.1. The number of halogens is 3. The van der Waals surface area contributed by atoms with E-state index in [-0.39, 0.29) is 24.0 Å². The highest BCUT2D eigenvalue weighted by molar-refractivity contribution is 5.97. The predicted octanol–water partition coefficient (Wildman–Crippen LogP) is 1.87. The Hall–Kier alpha value is -3.48. The Kier molecular flexibility index (Phi) is 7.54. The number of carbonyl (C=O) groups excluding carboxylic acids is 2. The van der Waals surface area contributed by atoms with E-state index in [4.69, 9.17) is 19.2 Å². The number of likely N-dealkylation sites (tertiary alicyclic amines) is 1. The van der Waals surface area contributed by atoms with E-state index < -0.39 is 18.1 Å². The van der Waals surface area contributed by atoms with Crippen LogP contribution in [0.5, 0.6) is 0 Å². The smallest absolute Gasteiger partial charge is 0.475 e. The Morgan fingerprint density at radius 1 is 1.29 bits per heavy atom. The van der Waals surface area contributed by atoms with Gasteiger partial charge in [-0.1, -0.05) is 11.2 Å². The second-order valence-corrected chi connectivity index (χ2v) is 7.84. The van der Waals surface area contributed by atoms with Gasteiger partial charge >= 0.3 is 12.1 Å². The van der Waals surface area contributed by atoms with E-state index in [1.165, 1.54) is 0 Å². The van der Waals surface area contributed by atoms with Crippen molar-refractivity contribution in [2.24, 2.45) is 5.92 Å². The van der Waals surface area contributed by atoms with Crippen molar-refractivity contribution < 1.29 is 41.9 Å². The molecule has 2 saturated heterocycles. The van der Waals surface area contributed by atoms with Crippen LogP contribution in [-0.2, 0) is 20.9 Å². The third-order valence-corrected chi connectivity index (χ3v) is 5.57. The summed E-state index contributed by atoms with van der Waals surface area (Å²) in [7, 11) is 0. The summed E-state index contributed by atoms with van der Waals surface area (Å²) in [6, 6.07) is 3.64. The first kappa shape index (κ1) is 25.1. The summed E-state index contributed by atoms with van der Waals surface area (Å²) < 4.78 is 42.7. The minimum Gasteiger partial charge on any atom is -0.475 e. The summed E-state index contributed by atoms with van der Waals surface area (Å²) in [4.78, 5) is 40.5. The maximum Gasteiger partial charge on any atom is 0.490 e. The van der Waals surface area contributed by atoms with E-state index in [1.54, 1.807) is 31.1 Å². The average molecular weight is 484 g/mol. The maximum atomic E-state index is 13.1. The fraction of sp³-hybridized carbons (Fsp3) is 0.476. The standard InChI is InChI=1S/C19H22N4O4.C2HF3O2/c1-11-16(12(2)27-22-11)19(25)23-10-14(17-15(23)5-7-26-17)18(24)21-9-13-4-3-6-20-8-13;3-2(4,5)1(6)7/h3-4,6,8,14-15,17H,5,7,9-10H2,1-2H3,(H,21,24);(H,6,7). The van der Waals surface area contributed by atoms with Crippen LogP contribution < -0.4 is 5.32 Å². The van der Waals surface area contributed by atoms with Crippen LogP contribution in [0.15, 0.2) is 29.0 Å². The number of hydrogen-bond acceptors (Lipinski definition) is 7. The molecule has 3 unspecified atom stereocenters. The van der Waals surface area contributed by atoms with Crippen molar-refractivity contribution in [3.8, 4) is 0 Å². The lowest BCUT2D eigenvalue weighted by molar-refractivity contribution is -0.192. The summed E-state index contributed by atoms with van der Waals surface area (Å²) in [5.41, 5.74) is 1.98. The zero-order valence-electron chi connectivity index (χ0n) is 18.3. The van der Waals surface area contributed by atoms with Crippen LogP contribution >= 0.6 is 0 Å². The molecule has 0 radical (unpaired) electrons. The van der Waals surface area contributed by atoms with Gasteiger partial charge in [0.05, 0.1) is 23.8 Å². The number of fused-ring (bicyclic) bond motifs is 1. The monoisotopic (exact) mass is 484 g/mol. The van der Waals surface area contributed by atoms with Gasteiger partial charge in [-0.2, -0.15) is 13.2 Å². The molecule has 13 heteroatoms. The molecule has 0 spiro atoms. The van der Waals surface area contributed by atoms with Gasteiger partial charge in [-0.25, -0.2) is 4.79 Å². The van der Waals surface area contributed by atoms with Crippen LogP contribution in [0.1, 0.15) is 33.8 Å². The zero-order valence-corrected chi connectivity index (χ0v) is 18.3. The second kappa shape index (κ2) is 10.2. The summed E-state index contributed by atoms with van der Waals surface area (Å²) >= 11 is 0. The molecule has 2 fully saturated rings. The number of carboxylic acids is 1. The number of nitrogens with zero attached hydrogens (tertiary/aromatic N) is 3. The number of aliphatic carboxylic acids is 1. The van der Waals surface area contributed by atoms with Crippen LogP contribution in [0.25, 0.3) is 0 Å². The lowest BCUT2D eigenvalue weighted by atomic mass is 10.0. The minimum atomic E-state index is -5.08. The third-order valence-electron chi connectivity index (χ3n) is 5.57. The number of aryl methyl sites for hydroxylation is 2. The molecule has 2 aliphatic heterocycles. The molecule has 0 aromatic carbocycles. The average Bonchev–Trinajstić information content (AvgIpc) is 3.47. The van der Waals surface area contributed by atoms with Crippen molar-refractivity contribution in [3.63, 3.8) is 0 Å². The highest BCUT2D eigenvalue weighted by Crippen LogP contribution is 2.35. The van der Waals surface area contributed by atoms with E-state index in [9.17, 15) is 22.8 Å². The molecule has 2 aliphatic rings. The van der Waals surface area contributed by atoms with Crippen molar-refractivity contribution in [1.29, 1.82) is 0 Å². The van der Waals surface area contributed by atoms with Gasteiger partial charge in [0.2, 0.25) is 5.91 Å². The van der Waals surface area contributed by atoms with Crippen molar-refractivity contribution in [3.05, 3.63) is 47.1 Å². The van der Waals surface area contributed by atoms with Crippen molar-refractivity contribution in [1.82, 2.24) is 20.4 Å². The Morgan fingerprint density at radius 3 is 2.56 bits per heavy atom.